The van der Waals surface area contributed by atoms with E-state index in [9.17, 15) is 14.7 Å². The Morgan fingerprint density at radius 3 is 2.62 bits per heavy atom. The van der Waals surface area contributed by atoms with Crippen LogP contribution in [0.4, 0.5) is 5.69 Å². The highest BCUT2D eigenvalue weighted by atomic mass is 16.5. The van der Waals surface area contributed by atoms with Crippen LogP contribution in [0.2, 0.25) is 0 Å². The van der Waals surface area contributed by atoms with Crippen molar-refractivity contribution in [2.45, 2.75) is 6.42 Å². The second kappa shape index (κ2) is 5.87. The van der Waals surface area contributed by atoms with Gasteiger partial charge >= 0.3 is 5.97 Å². The molecular weight excluding hydrogens is 274 g/mol. The van der Waals surface area contributed by atoms with Crippen LogP contribution in [-0.2, 0) is 4.79 Å². The standard InChI is InChI=1S/C15H17NO5/c1-4-9-5-13(17)16(8-9)11-6-10(20-2)7-12(21-3)14(11)15(18)19/h4,6-7,9H,1,5,8H2,2-3H3,(H,18,19). The van der Waals surface area contributed by atoms with Crippen molar-refractivity contribution in [3.05, 3.63) is 30.4 Å². The van der Waals surface area contributed by atoms with E-state index in [0.29, 0.717) is 18.7 Å². The maximum absolute atomic E-state index is 12.1. The first kappa shape index (κ1) is 14.9. The van der Waals surface area contributed by atoms with Crippen molar-refractivity contribution >= 4 is 17.6 Å². The van der Waals surface area contributed by atoms with E-state index in [-0.39, 0.29) is 28.8 Å². The van der Waals surface area contributed by atoms with Gasteiger partial charge in [-0.1, -0.05) is 6.08 Å². The van der Waals surface area contributed by atoms with Crippen molar-refractivity contribution in [3.8, 4) is 11.5 Å². The summed E-state index contributed by atoms with van der Waals surface area (Å²) in [4.78, 5) is 25.1. The molecule has 0 spiro atoms. The molecule has 1 heterocycles. The second-order valence-electron chi connectivity index (χ2n) is 4.73. The predicted molar refractivity (Wildman–Crippen MR) is 77.2 cm³/mol. The van der Waals surface area contributed by atoms with Gasteiger partial charge in [-0.05, 0) is 0 Å². The highest BCUT2D eigenvalue weighted by Crippen LogP contribution is 2.37. The number of amides is 1. The van der Waals surface area contributed by atoms with Crippen LogP contribution in [-0.4, -0.2) is 37.7 Å². The number of hydrogen-bond acceptors (Lipinski definition) is 4. The van der Waals surface area contributed by atoms with Crippen LogP contribution in [0, 0.1) is 5.92 Å². The fraction of sp³-hybridized carbons (Fsp3) is 0.333. The quantitative estimate of drug-likeness (QED) is 0.839. The lowest BCUT2D eigenvalue weighted by Gasteiger charge is -2.21. The SMILES string of the molecule is C=CC1CC(=O)N(c2cc(OC)cc(OC)c2C(=O)O)C1. The van der Waals surface area contributed by atoms with E-state index in [0.717, 1.165) is 0 Å². The number of hydrogen-bond donors (Lipinski definition) is 1. The van der Waals surface area contributed by atoms with Gasteiger partial charge in [0, 0.05) is 31.0 Å². The molecule has 0 aliphatic carbocycles. The monoisotopic (exact) mass is 291 g/mol. The lowest BCUT2D eigenvalue weighted by atomic mass is 10.1. The molecule has 0 aromatic heterocycles. The molecule has 1 amide bonds. The molecule has 6 heteroatoms. The van der Waals surface area contributed by atoms with Gasteiger partial charge in [-0.25, -0.2) is 4.79 Å². The zero-order chi connectivity index (χ0) is 15.6. The van der Waals surface area contributed by atoms with Gasteiger partial charge in [-0.2, -0.15) is 0 Å². The zero-order valence-corrected chi connectivity index (χ0v) is 12.0. The van der Waals surface area contributed by atoms with Crippen LogP contribution >= 0.6 is 0 Å². The minimum Gasteiger partial charge on any atom is -0.497 e. The zero-order valence-electron chi connectivity index (χ0n) is 12.0. The molecule has 112 valence electrons. The molecule has 0 bridgehead atoms. The summed E-state index contributed by atoms with van der Waals surface area (Å²) in [5.41, 5.74) is 0.240. The van der Waals surface area contributed by atoms with Crippen molar-refractivity contribution in [3.63, 3.8) is 0 Å². The Morgan fingerprint density at radius 2 is 2.14 bits per heavy atom. The Balaban J connectivity index is 2.58. The first-order chi connectivity index (χ1) is 10.0. The Labute approximate surface area is 122 Å². The predicted octanol–water partition coefficient (Wildman–Crippen LogP) is 1.94. The molecule has 1 aliphatic heterocycles. The van der Waals surface area contributed by atoms with Gasteiger partial charge in [-0.3, -0.25) is 4.79 Å². The smallest absolute Gasteiger partial charge is 0.341 e. The molecule has 1 aliphatic rings. The number of benzene rings is 1. The van der Waals surface area contributed by atoms with Crippen molar-refractivity contribution in [2.24, 2.45) is 5.92 Å². The number of methoxy groups -OCH3 is 2. The van der Waals surface area contributed by atoms with Crippen LogP contribution in [0.5, 0.6) is 11.5 Å². The molecule has 1 aromatic rings. The van der Waals surface area contributed by atoms with Crippen LogP contribution in [0.1, 0.15) is 16.8 Å². The van der Waals surface area contributed by atoms with Gasteiger partial charge in [0.1, 0.15) is 17.1 Å². The molecule has 1 aromatic carbocycles. The van der Waals surface area contributed by atoms with E-state index in [1.165, 1.54) is 31.3 Å². The number of rotatable bonds is 5. The topological polar surface area (TPSA) is 76.1 Å². The van der Waals surface area contributed by atoms with Gasteiger partial charge in [0.2, 0.25) is 5.91 Å². The Morgan fingerprint density at radius 1 is 1.43 bits per heavy atom. The first-order valence-electron chi connectivity index (χ1n) is 6.44. The van der Waals surface area contributed by atoms with Gasteiger partial charge < -0.3 is 19.5 Å². The van der Waals surface area contributed by atoms with Crippen LogP contribution in [0.25, 0.3) is 0 Å². The van der Waals surface area contributed by atoms with Gasteiger partial charge in [0.15, 0.2) is 0 Å². The summed E-state index contributed by atoms with van der Waals surface area (Å²) in [7, 11) is 2.85. The summed E-state index contributed by atoms with van der Waals surface area (Å²) in [6, 6.07) is 3.02. The number of carboxylic acids is 1. The maximum atomic E-state index is 12.1. The normalized spacial score (nSPS) is 17.7. The summed E-state index contributed by atoms with van der Waals surface area (Å²) < 4.78 is 10.3. The average Bonchev–Trinajstić information content (AvgIpc) is 2.86. The van der Waals surface area contributed by atoms with Gasteiger partial charge in [0.05, 0.1) is 19.9 Å². The third kappa shape index (κ3) is 2.69. The summed E-state index contributed by atoms with van der Waals surface area (Å²) in [6.07, 6.45) is 2.03. The minimum atomic E-state index is -1.15. The third-order valence-corrected chi connectivity index (χ3v) is 3.50. The molecular formula is C15H17NO5. The number of nitrogens with zero attached hydrogens (tertiary/aromatic N) is 1. The fourth-order valence-electron chi connectivity index (χ4n) is 2.41. The molecule has 0 radical (unpaired) electrons. The molecule has 2 rings (SSSR count). The lowest BCUT2D eigenvalue weighted by Crippen LogP contribution is -2.26. The molecule has 1 N–H and O–H groups in total. The molecule has 1 fully saturated rings. The largest absolute Gasteiger partial charge is 0.497 e. The van der Waals surface area contributed by atoms with Gasteiger partial charge in [0.25, 0.3) is 0 Å². The molecule has 1 saturated heterocycles. The molecule has 0 saturated carbocycles. The Kier molecular flexibility index (Phi) is 4.16. The van der Waals surface area contributed by atoms with Crippen LogP contribution < -0.4 is 14.4 Å². The maximum Gasteiger partial charge on any atom is 0.341 e. The van der Waals surface area contributed by atoms with E-state index < -0.39 is 5.97 Å². The number of anilines is 1. The van der Waals surface area contributed by atoms with E-state index >= 15 is 0 Å². The highest BCUT2D eigenvalue weighted by Gasteiger charge is 2.33. The van der Waals surface area contributed by atoms with E-state index in [1.807, 2.05) is 0 Å². The van der Waals surface area contributed by atoms with E-state index in [1.54, 1.807) is 6.08 Å². The number of carbonyl (C=O) groups excluding carboxylic acids is 1. The van der Waals surface area contributed by atoms with Gasteiger partial charge in [-0.15, -0.1) is 6.58 Å². The number of carbonyl (C=O) groups is 2. The van der Waals surface area contributed by atoms with Crippen molar-refractivity contribution in [1.29, 1.82) is 0 Å². The molecule has 21 heavy (non-hydrogen) atoms. The summed E-state index contributed by atoms with van der Waals surface area (Å²) in [5, 5.41) is 9.43. The Bertz CT molecular complexity index is 596. The van der Waals surface area contributed by atoms with Crippen LogP contribution in [0.3, 0.4) is 0 Å². The minimum absolute atomic E-state index is 0.0105. The summed E-state index contributed by atoms with van der Waals surface area (Å²) in [5.74, 6) is -0.693. The summed E-state index contributed by atoms with van der Waals surface area (Å²) >= 11 is 0. The van der Waals surface area contributed by atoms with E-state index in [2.05, 4.69) is 6.58 Å². The summed E-state index contributed by atoms with van der Waals surface area (Å²) in [6.45, 7) is 4.09. The first-order valence-corrected chi connectivity index (χ1v) is 6.44. The lowest BCUT2D eigenvalue weighted by molar-refractivity contribution is -0.117. The third-order valence-electron chi connectivity index (χ3n) is 3.50. The van der Waals surface area contributed by atoms with Crippen molar-refractivity contribution < 1.29 is 24.2 Å². The molecule has 6 nitrogen and oxygen atoms in total. The van der Waals surface area contributed by atoms with Crippen molar-refractivity contribution in [1.82, 2.24) is 0 Å². The van der Waals surface area contributed by atoms with E-state index in [4.69, 9.17) is 9.47 Å². The average molecular weight is 291 g/mol. The molecule has 1 atom stereocenters. The number of carboxylic acid groups (broad SMARTS) is 1. The number of aromatic carboxylic acids is 1. The van der Waals surface area contributed by atoms with Crippen LogP contribution in [0.15, 0.2) is 24.8 Å². The van der Waals surface area contributed by atoms with Crippen molar-refractivity contribution in [2.75, 3.05) is 25.7 Å². The highest BCUT2D eigenvalue weighted by molar-refractivity contribution is 6.05. The Hall–Kier alpha value is -2.50. The molecule has 1 unspecified atom stereocenters. The number of ether oxygens (including phenoxy) is 2. The fourth-order valence-corrected chi connectivity index (χ4v) is 2.41. The second-order valence-corrected chi connectivity index (χ2v) is 4.73.